The van der Waals surface area contributed by atoms with E-state index in [0.29, 0.717) is 37.4 Å². The van der Waals surface area contributed by atoms with Gasteiger partial charge in [0.05, 0.1) is 17.8 Å². The van der Waals surface area contributed by atoms with Crippen LogP contribution in [0.4, 0.5) is 10.2 Å². The number of amides is 2. The van der Waals surface area contributed by atoms with Crippen LogP contribution in [0.5, 0.6) is 0 Å². The molecule has 2 aromatic rings. The molecule has 7 nitrogen and oxygen atoms in total. The van der Waals surface area contributed by atoms with E-state index >= 15 is 0 Å². The summed E-state index contributed by atoms with van der Waals surface area (Å²) in [5.74, 6) is -0.315. The minimum atomic E-state index is -0.631. The molecule has 0 saturated carbocycles. The third-order valence-electron chi connectivity index (χ3n) is 5.70. The molecule has 3 heterocycles. The fourth-order valence-corrected chi connectivity index (χ4v) is 4.21. The molecule has 1 aromatic carbocycles. The highest BCUT2D eigenvalue weighted by molar-refractivity contribution is 5.90. The topological polar surface area (TPSA) is 92.4 Å². The van der Waals surface area contributed by atoms with Gasteiger partial charge in [-0.05, 0) is 25.3 Å². The van der Waals surface area contributed by atoms with Crippen molar-refractivity contribution in [3.63, 3.8) is 0 Å². The number of likely N-dealkylation sites (tertiary alicyclic amines) is 1. The Labute approximate surface area is 162 Å². The molecule has 0 radical (unpaired) electrons. The van der Waals surface area contributed by atoms with Crippen molar-refractivity contribution in [1.82, 2.24) is 14.9 Å². The largest absolute Gasteiger partial charge is 0.364 e. The van der Waals surface area contributed by atoms with Crippen LogP contribution >= 0.6 is 0 Å². The standard InChI is InChI=1S/C20H22FN5O2/c21-15-5-2-1-4-14(15)12-25-8-3-6-20(19(25)28)7-9-26(13-20)17-11-23-10-16(24-17)18(22)27/h1-2,4-5,10-11H,3,6-9,12-13H2,(H2,22,27)/t20-/m1/s1. The minimum absolute atomic E-state index is 0.0588. The van der Waals surface area contributed by atoms with Gasteiger partial charge in [-0.25, -0.2) is 9.37 Å². The number of aromatic nitrogens is 2. The average molecular weight is 383 g/mol. The summed E-state index contributed by atoms with van der Waals surface area (Å²) in [5.41, 5.74) is 5.42. The zero-order valence-electron chi connectivity index (χ0n) is 15.5. The van der Waals surface area contributed by atoms with Crippen LogP contribution in [0.1, 0.15) is 35.3 Å². The number of halogens is 1. The fraction of sp³-hybridized carbons (Fsp3) is 0.400. The third-order valence-corrected chi connectivity index (χ3v) is 5.70. The molecule has 0 bridgehead atoms. The van der Waals surface area contributed by atoms with Crippen molar-refractivity contribution < 1.29 is 14.0 Å². The van der Waals surface area contributed by atoms with Crippen molar-refractivity contribution >= 4 is 17.6 Å². The van der Waals surface area contributed by atoms with Crippen molar-refractivity contribution in [3.05, 3.63) is 53.7 Å². The maximum absolute atomic E-state index is 14.0. The first kappa shape index (κ1) is 18.3. The molecule has 2 aliphatic heterocycles. The van der Waals surface area contributed by atoms with Crippen molar-refractivity contribution in [3.8, 4) is 0 Å². The first-order valence-electron chi connectivity index (χ1n) is 9.38. The molecule has 2 amide bonds. The smallest absolute Gasteiger partial charge is 0.268 e. The van der Waals surface area contributed by atoms with Crippen LogP contribution in [-0.4, -0.2) is 46.3 Å². The predicted molar refractivity (Wildman–Crippen MR) is 101 cm³/mol. The Balaban J connectivity index is 1.52. The van der Waals surface area contributed by atoms with Gasteiger partial charge < -0.3 is 15.5 Å². The van der Waals surface area contributed by atoms with Crippen molar-refractivity contribution in [2.24, 2.45) is 11.1 Å². The Bertz CT molecular complexity index is 921. The average Bonchev–Trinajstić information content (AvgIpc) is 3.12. The second-order valence-electron chi connectivity index (χ2n) is 7.50. The number of primary amides is 1. The summed E-state index contributed by atoms with van der Waals surface area (Å²) in [5, 5.41) is 0. The van der Waals surface area contributed by atoms with Gasteiger partial charge in [-0.15, -0.1) is 0 Å². The van der Waals surface area contributed by atoms with Crippen LogP contribution in [-0.2, 0) is 11.3 Å². The Kier molecular flexibility index (Phi) is 4.70. The lowest BCUT2D eigenvalue weighted by Gasteiger charge is -2.39. The Hall–Kier alpha value is -3.03. The Morgan fingerprint density at radius 1 is 1.21 bits per heavy atom. The van der Waals surface area contributed by atoms with E-state index in [2.05, 4.69) is 9.97 Å². The summed E-state index contributed by atoms with van der Waals surface area (Å²) in [6, 6.07) is 6.57. The quantitative estimate of drug-likeness (QED) is 0.868. The molecule has 0 unspecified atom stereocenters. The molecule has 4 rings (SSSR count). The molecular weight excluding hydrogens is 361 g/mol. The molecule has 0 aliphatic carbocycles. The van der Waals surface area contributed by atoms with Crippen molar-refractivity contribution in [1.29, 1.82) is 0 Å². The van der Waals surface area contributed by atoms with Crippen LogP contribution in [0.15, 0.2) is 36.7 Å². The molecule has 2 fully saturated rings. The summed E-state index contributed by atoms with van der Waals surface area (Å²) in [6.45, 7) is 2.07. The summed E-state index contributed by atoms with van der Waals surface area (Å²) in [6.07, 6.45) is 5.28. The molecule has 28 heavy (non-hydrogen) atoms. The Morgan fingerprint density at radius 3 is 2.82 bits per heavy atom. The Morgan fingerprint density at radius 2 is 2.04 bits per heavy atom. The van der Waals surface area contributed by atoms with Gasteiger partial charge in [0.25, 0.3) is 5.91 Å². The van der Waals surface area contributed by atoms with E-state index in [1.165, 1.54) is 12.3 Å². The van der Waals surface area contributed by atoms with E-state index in [1.54, 1.807) is 29.3 Å². The van der Waals surface area contributed by atoms with E-state index in [-0.39, 0.29) is 24.0 Å². The molecule has 1 aromatic heterocycles. The van der Waals surface area contributed by atoms with Gasteiger partial charge in [-0.2, -0.15) is 0 Å². The molecular formula is C20H22FN5O2. The monoisotopic (exact) mass is 383 g/mol. The first-order chi connectivity index (χ1) is 13.5. The lowest BCUT2D eigenvalue weighted by Crippen LogP contribution is -2.49. The summed E-state index contributed by atoms with van der Waals surface area (Å²) >= 11 is 0. The van der Waals surface area contributed by atoms with Crippen LogP contribution in [0, 0.1) is 11.2 Å². The maximum atomic E-state index is 14.0. The fourth-order valence-electron chi connectivity index (χ4n) is 4.21. The zero-order chi connectivity index (χ0) is 19.7. The number of carbonyl (C=O) groups excluding carboxylic acids is 2. The summed E-state index contributed by atoms with van der Waals surface area (Å²) in [4.78, 5) is 36.7. The molecule has 2 aliphatic rings. The molecule has 2 saturated heterocycles. The molecule has 146 valence electrons. The molecule has 1 atom stereocenters. The van der Waals surface area contributed by atoms with Gasteiger partial charge in [0.2, 0.25) is 5.91 Å². The SMILES string of the molecule is NC(=O)c1cncc(N2CC[C@]3(CCCN(Cc4ccccc4F)C3=O)C2)n1. The van der Waals surface area contributed by atoms with Crippen LogP contribution in [0.3, 0.4) is 0 Å². The number of nitrogens with two attached hydrogens (primary N) is 1. The summed E-state index contributed by atoms with van der Waals surface area (Å²) in [7, 11) is 0. The first-order valence-corrected chi connectivity index (χ1v) is 9.38. The van der Waals surface area contributed by atoms with E-state index in [4.69, 9.17) is 5.73 Å². The van der Waals surface area contributed by atoms with E-state index in [1.807, 2.05) is 4.90 Å². The van der Waals surface area contributed by atoms with Gasteiger partial charge in [0.15, 0.2) is 0 Å². The summed E-state index contributed by atoms with van der Waals surface area (Å²) < 4.78 is 14.0. The lowest BCUT2D eigenvalue weighted by atomic mass is 9.78. The highest BCUT2D eigenvalue weighted by Gasteiger charge is 2.48. The molecule has 1 spiro atoms. The number of nitrogens with zero attached hydrogens (tertiary/aromatic N) is 4. The van der Waals surface area contributed by atoms with Gasteiger partial charge in [-0.1, -0.05) is 18.2 Å². The van der Waals surface area contributed by atoms with Crippen LogP contribution in [0.2, 0.25) is 0 Å². The minimum Gasteiger partial charge on any atom is -0.364 e. The number of anilines is 1. The van der Waals surface area contributed by atoms with Gasteiger partial charge >= 0.3 is 0 Å². The predicted octanol–water partition coefficient (Wildman–Crippen LogP) is 1.73. The van der Waals surface area contributed by atoms with Gasteiger partial charge in [-0.3, -0.25) is 14.6 Å². The normalized spacial score (nSPS) is 22.1. The third kappa shape index (κ3) is 3.30. The van der Waals surface area contributed by atoms with Crippen molar-refractivity contribution in [2.75, 3.05) is 24.5 Å². The maximum Gasteiger partial charge on any atom is 0.268 e. The lowest BCUT2D eigenvalue weighted by molar-refractivity contribution is -0.145. The van der Waals surface area contributed by atoms with Crippen LogP contribution in [0.25, 0.3) is 0 Å². The number of rotatable bonds is 4. The number of carbonyl (C=O) groups is 2. The van der Waals surface area contributed by atoms with Crippen molar-refractivity contribution in [2.45, 2.75) is 25.8 Å². The second kappa shape index (κ2) is 7.18. The second-order valence-corrected chi connectivity index (χ2v) is 7.50. The number of benzene rings is 1. The van der Waals surface area contributed by atoms with E-state index in [0.717, 1.165) is 12.8 Å². The molecule has 2 N–H and O–H groups in total. The zero-order valence-corrected chi connectivity index (χ0v) is 15.5. The highest BCUT2D eigenvalue weighted by Crippen LogP contribution is 2.41. The van der Waals surface area contributed by atoms with E-state index in [9.17, 15) is 14.0 Å². The van der Waals surface area contributed by atoms with Crippen LogP contribution < -0.4 is 10.6 Å². The number of hydrogen-bond acceptors (Lipinski definition) is 5. The van der Waals surface area contributed by atoms with Gasteiger partial charge in [0.1, 0.15) is 17.3 Å². The van der Waals surface area contributed by atoms with E-state index < -0.39 is 11.3 Å². The highest BCUT2D eigenvalue weighted by atomic mass is 19.1. The molecule has 8 heteroatoms. The number of piperidine rings is 1. The number of hydrogen-bond donors (Lipinski definition) is 1. The van der Waals surface area contributed by atoms with Gasteiger partial charge in [0, 0.05) is 31.7 Å².